The number of amides is 1. The molecule has 0 saturated carbocycles. The zero-order chi connectivity index (χ0) is 9.68. The van der Waals surface area contributed by atoms with Crippen molar-refractivity contribution in [2.24, 2.45) is 0 Å². The molecule has 1 amide bonds. The number of carbonyl (C=O) groups excluding carboxylic acids is 2. The Kier molecular flexibility index (Phi) is 3.02. The monoisotopic (exact) mass is 183 g/mol. The van der Waals surface area contributed by atoms with Crippen LogP contribution < -0.4 is 5.32 Å². The van der Waals surface area contributed by atoms with Crippen molar-refractivity contribution in [3.05, 3.63) is 18.0 Å². The van der Waals surface area contributed by atoms with Crippen LogP contribution in [0.4, 0.5) is 0 Å². The van der Waals surface area contributed by atoms with Gasteiger partial charge in [-0.1, -0.05) is 0 Å². The Balaban J connectivity index is 2.39. The van der Waals surface area contributed by atoms with Crippen molar-refractivity contribution in [3.8, 4) is 0 Å². The molecule has 0 aromatic carbocycles. The first-order valence-corrected chi connectivity index (χ1v) is 3.58. The Morgan fingerprint density at radius 3 is 3.00 bits per heavy atom. The highest BCUT2D eigenvalue weighted by atomic mass is 16.5. The van der Waals surface area contributed by atoms with Crippen molar-refractivity contribution >= 4 is 11.9 Å². The first-order chi connectivity index (χ1) is 6.24. The second kappa shape index (κ2) is 4.24. The van der Waals surface area contributed by atoms with E-state index in [1.54, 1.807) is 0 Å². The highest BCUT2D eigenvalue weighted by Gasteiger charge is 2.07. The lowest BCUT2D eigenvalue weighted by Crippen LogP contribution is -2.29. The predicted molar refractivity (Wildman–Crippen MR) is 42.9 cm³/mol. The maximum Gasteiger partial charge on any atom is 0.325 e. The Labute approximate surface area is 74.3 Å². The number of H-pyrrole nitrogens is 1. The van der Waals surface area contributed by atoms with Gasteiger partial charge in [-0.25, -0.2) is 0 Å². The number of rotatable bonds is 3. The molecule has 0 spiro atoms. The van der Waals surface area contributed by atoms with Crippen LogP contribution in [0.15, 0.2) is 12.4 Å². The summed E-state index contributed by atoms with van der Waals surface area (Å²) < 4.78 is 4.34. The van der Waals surface area contributed by atoms with Crippen LogP contribution in [-0.2, 0) is 9.53 Å². The lowest BCUT2D eigenvalue weighted by Gasteiger charge is -2.00. The Bertz CT molecular complexity index is 294. The normalized spacial score (nSPS) is 9.31. The number of nitrogens with zero attached hydrogens (tertiary/aromatic N) is 1. The minimum Gasteiger partial charge on any atom is -0.468 e. The average Bonchev–Trinajstić information content (AvgIpc) is 2.66. The van der Waals surface area contributed by atoms with Crippen molar-refractivity contribution < 1.29 is 14.3 Å². The van der Waals surface area contributed by atoms with E-state index < -0.39 is 5.97 Å². The van der Waals surface area contributed by atoms with Gasteiger partial charge in [-0.15, -0.1) is 0 Å². The molecule has 1 rings (SSSR count). The molecule has 6 nitrogen and oxygen atoms in total. The standard InChI is InChI=1S/C7H9N3O3/c1-13-6(11)4-8-7(12)5-2-9-10-3-5/h2-3H,4H2,1H3,(H,8,12)(H,9,10). The average molecular weight is 183 g/mol. The van der Waals surface area contributed by atoms with Crippen LogP contribution in [0.5, 0.6) is 0 Å². The summed E-state index contributed by atoms with van der Waals surface area (Å²) >= 11 is 0. The Morgan fingerprint density at radius 1 is 1.69 bits per heavy atom. The fraction of sp³-hybridized carbons (Fsp3) is 0.286. The van der Waals surface area contributed by atoms with Crippen LogP contribution in [0.25, 0.3) is 0 Å². The largest absolute Gasteiger partial charge is 0.468 e. The molecule has 0 aliphatic rings. The van der Waals surface area contributed by atoms with Gasteiger partial charge in [-0.05, 0) is 0 Å². The molecular weight excluding hydrogens is 174 g/mol. The number of nitrogens with one attached hydrogen (secondary N) is 2. The van der Waals surface area contributed by atoms with Crippen LogP contribution in [-0.4, -0.2) is 35.7 Å². The van der Waals surface area contributed by atoms with Gasteiger partial charge in [0, 0.05) is 6.20 Å². The first kappa shape index (κ1) is 9.24. The second-order valence-electron chi connectivity index (χ2n) is 2.25. The highest BCUT2D eigenvalue weighted by Crippen LogP contribution is 1.91. The van der Waals surface area contributed by atoms with E-state index in [9.17, 15) is 9.59 Å². The van der Waals surface area contributed by atoms with Gasteiger partial charge in [0.25, 0.3) is 5.91 Å². The van der Waals surface area contributed by atoms with Gasteiger partial charge in [-0.2, -0.15) is 5.10 Å². The molecule has 0 saturated heterocycles. The Morgan fingerprint density at radius 2 is 2.46 bits per heavy atom. The number of ether oxygens (including phenoxy) is 1. The molecule has 0 aliphatic heterocycles. The summed E-state index contributed by atoms with van der Waals surface area (Å²) in [4.78, 5) is 21.8. The third-order valence-corrected chi connectivity index (χ3v) is 1.38. The predicted octanol–water partition coefficient (Wildman–Crippen LogP) is -0.688. The van der Waals surface area contributed by atoms with Crippen LogP contribution >= 0.6 is 0 Å². The fourth-order valence-electron chi connectivity index (χ4n) is 0.702. The number of aromatic amines is 1. The topological polar surface area (TPSA) is 84.1 Å². The minimum absolute atomic E-state index is 0.138. The van der Waals surface area contributed by atoms with Crippen molar-refractivity contribution in [2.75, 3.05) is 13.7 Å². The lowest BCUT2D eigenvalue weighted by molar-refractivity contribution is -0.139. The summed E-state index contributed by atoms with van der Waals surface area (Å²) in [5.74, 6) is -0.851. The number of aromatic nitrogens is 2. The van der Waals surface area contributed by atoms with E-state index in [0.29, 0.717) is 5.56 Å². The first-order valence-electron chi connectivity index (χ1n) is 3.58. The number of hydrogen-bond acceptors (Lipinski definition) is 4. The van der Waals surface area contributed by atoms with Gasteiger partial charge in [0.1, 0.15) is 6.54 Å². The van der Waals surface area contributed by atoms with E-state index in [-0.39, 0.29) is 12.5 Å². The summed E-state index contributed by atoms with van der Waals surface area (Å²) in [5.41, 5.74) is 0.379. The number of carbonyl (C=O) groups is 2. The summed E-state index contributed by atoms with van der Waals surface area (Å²) in [5, 5.41) is 8.44. The van der Waals surface area contributed by atoms with Crippen LogP contribution in [0.1, 0.15) is 10.4 Å². The van der Waals surface area contributed by atoms with Gasteiger partial charge in [-0.3, -0.25) is 14.7 Å². The molecule has 2 N–H and O–H groups in total. The molecule has 0 bridgehead atoms. The third kappa shape index (κ3) is 2.58. The summed E-state index contributed by atoms with van der Waals surface area (Å²) in [6.07, 6.45) is 2.80. The van der Waals surface area contributed by atoms with Crippen LogP contribution in [0.3, 0.4) is 0 Å². The fourth-order valence-corrected chi connectivity index (χ4v) is 0.702. The number of esters is 1. The van der Waals surface area contributed by atoms with E-state index in [2.05, 4.69) is 20.3 Å². The van der Waals surface area contributed by atoms with Crippen molar-refractivity contribution in [2.45, 2.75) is 0 Å². The summed E-state index contributed by atoms with van der Waals surface area (Å²) in [6.45, 7) is -0.138. The molecular formula is C7H9N3O3. The van der Waals surface area contributed by atoms with Gasteiger partial charge in [0.05, 0.1) is 18.9 Å². The quantitative estimate of drug-likeness (QED) is 0.607. The van der Waals surface area contributed by atoms with Gasteiger partial charge in [0.15, 0.2) is 0 Å². The molecule has 0 atom stereocenters. The zero-order valence-electron chi connectivity index (χ0n) is 7.03. The molecule has 1 heterocycles. The van der Waals surface area contributed by atoms with Crippen molar-refractivity contribution in [1.82, 2.24) is 15.5 Å². The van der Waals surface area contributed by atoms with E-state index in [4.69, 9.17) is 0 Å². The van der Waals surface area contributed by atoms with Crippen molar-refractivity contribution in [1.29, 1.82) is 0 Å². The van der Waals surface area contributed by atoms with E-state index >= 15 is 0 Å². The van der Waals surface area contributed by atoms with Crippen LogP contribution in [0.2, 0.25) is 0 Å². The molecule has 13 heavy (non-hydrogen) atoms. The molecule has 1 aromatic heterocycles. The van der Waals surface area contributed by atoms with Crippen molar-refractivity contribution in [3.63, 3.8) is 0 Å². The molecule has 0 aliphatic carbocycles. The zero-order valence-corrected chi connectivity index (χ0v) is 7.03. The second-order valence-corrected chi connectivity index (χ2v) is 2.25. The smallest absolute Gasteiger partial charge is 0.325 e. The van der Waals surface area contributed by atoms with Gasteiger partial charge < -0.3 is 10.1 Å². The highest BCUT2D eigenvalue weighted by molar-refractivity contribution is 5.95. The van der Waals surface area contributed by atoms with E-state index in [0.717, 1.165) is 0 Å². The molecule has 0 fully saturated rings. The van der Waals surface area contributed by atoms with Gasteiger partial charge >= 0.3 is 5.97 Å². The Hall–Kier alpha value is -1.85. The maximum atomic E-state index is 11.1. The molecule has 0 radical (unpaired) electrons. The summed E-state index contributed by atoms with van der Waals surface area (Å²) in [6, 6.07) is 0. The number of methoxy groups -OCH3 is 1. The van der Waals surface area contributed by atoms with E-state index in [1.165, 1.54) is 19.5 Å². The van der Waals surface area contributed by atoms with E-state index in [1.807, 2.05) is 0 Å². The summed E-state index contributed by atoms with van der Waals surface area (Å²) in [7, 11) is 1.26. The SMILES string of the molecule is COC(=O)CNC(=O)c1cn[nH]c1. The third-order valence-electron chi connectivity index (χ3n) is 1.38. The molecule has 0 unspecified atom stereocenters. The maximum absolute atomic E-state index is 11.1. The lowest BCUT2D eigenvalue weighted by atomic mass is 10.3. The van der Waals surface area contributed by atoms with Gasteiger partial charge in [0.2, 0.25) is 0 Å². The molecule has 70 valence electrons. The molecule has 1 aromatic rings. The van der Waals surface area contributed by atoms with Crippen LogP contribution in [0, 0.1) is 0 Å². The number of hydrogen-bond donors (Lipinski definition) is 2. The molecule has 6 heteroatoms. The minimum atomic E-state index is -0.489.